The molecular weight excluding hydrogens is 295 g/mol. The third kappa shape index (κ3) is 10.0. The Hall–Kier alpha value is -0.570. The molecule has 0 saturated carbocycles. The van der Waals surface area contributed by atoms with Gasteiger partial charge in [-0.25, -0.2) is 0 Å². The van der Waals surface area contributed by atoms with E-state index in [2.05, 4.69) is 60.0 Å². The molecule has 130 valence electrons. The van der Waals surface area contributed by atoms with E-state index in [0.29, 0.717) is 5.66 Å². The molecule has 0 amide bonds. The Morgan fingerprint density at radius 2 is 1.78 bits per heavy atom. The molecule has 0 aliphatic heterocycles. The highest BCUT2D eigenvalue weighted by molar-refractivity contribution is 7.17. The van der Waals surface area contributed by atoms with Gasteiger partial charge in [-0.05, 0) is 54.5 Å². The van der Waals surface area contributed by atoms with Crippen LogP contribution in [0.2, 0.25) is 0 Å². The molecule has 0 bridgehead atoms. The van der Waals surface area contributed by atoms with Crippen LogP contribution in [0.1, 0.15) is 85.0 Å². The molecule has 0 N–H and O–H groups in total. The lowest BCUT2D eigenvalue weighted by molar-refractivity contribution is 0.469. The third-order valence-electron chi connectivity index (χ3n) is 4.67. The van der Waals surface area contributed by atoms with E-state index >= 15 is 0 Å². The van der Waals surface area contributed by atoms with E-state index in [1.165, 1.54) is 75.4 Å². The van der Waals surface area contributed by atoms with Crippen LogP contribution in [-0.2, 0) is 0 Å². The standard InChI is InChI=1S/C22H37P/c1-4-6-7-8-9-10-12-21-13-11-14-22(16-15-21)18-20(5-2)17-19(3)23/h11,13,15-16,19-20H,4-10,12,17-18,23H2,1-3H3. The predicted octanol–water partition coefficient (Wildman–Crippen LogP) is 7.38. The zero-order valence-electron chi connectivity index (χ0n) is 15.6. The van der Waals surface area contributed by atoms with Gasteiger partial charge in [0.1, 0.15) is 0 Å². The van der Waals surface area contributed by atoms with E-state index in [1.807, 2.05) is 0 Å². The summed E-state index contributed by atoms with van der Waals surface area (Å²) in [6.45, 7) is 6.88. The molecule has 1 aliphatic rings. The number of rotatable bonds is 12. The molecule has 0 heterocycles. The van der Waals surface area contributed by atoms with Gasteiger partial charge in [0, 0.05) is 0 Å². The van der Waals surface area contributed by atoms with E-state index < -0.39 is 0 Å². The average molecular weight is 333 g/mol. The molecule has 3 unspecified atom stereocenters. The van der Waals surface area contributed by atoms with Crippen LogP contribution in [0.5, 0.6) is 0 Å². The maximum Gasteiger partial charge on any atom is -0.00575 e. The lowest BCUT2D eigenvalue weighted by atomic mass is 9.92. The van der Waals surface area contributed by atoms with Gasteiger partial charge >= 0.3 is 0 Å². The molecule has 0 aromatic rings. The molecule has 1 rings (SSSR count). The van der Waals surface area contributed by atoms with Crippen molar-refractivity contribution in [1.82, 2.24) is 0 Å². The molecule has 0 saturated heterocycles. The minimum absolute atomic E-state index is 0.709. The summed E-state index contributed by atoms with van der Waals surface area (Å²) in [5.74, 6) is 0.781. The molecule has 1 aliphatic carbocycles. The normalized spacial score (nSPS) is 16.7. The van der Waals surface area contributed by atoms with Gasteiger partial charge in [0.15, 0.2) is 0 Å². The van der Waals surface area contributed by atoms with Crippen molar-refractivity contribution in [2.45, 2.75) is 90.6 Å². The van der Waals surface area contributed by atoms with Crippen molar-refractivity contribution < 1.29 is 0 Å². The highest BCUT2D eigenvalue weighted by Gasteiger charge is 2.10. The summed E-state index contributed by atoms with van der Waals surface area (Å²) in [4.78, 5) is 0. The van der Waals surface area contributed by atoms with E-state index in [0.717, 1.165) is 5.92 Å². The molecular formula is C22H37P. The lowest BCUT2D eigenvalue weighted by Crippen LogP contribution is -2.05. The van der Waals surface area contributed by atoms with Crippen molar-refractivity contribution in [3.8, 4) is 0 Å². The van der Waals surface area contributed by atoms with Gasteiger partial charge in [0.25, 0.3) is 0 Å². The van der Waals surface area contributed by atoms with Crippen LogP contribution < -0.4 is 0 Å². The van der Waals surface area contributed by atoms with E-state index in [1.54, 1.807) is 0 Å². The van der Waals surface area contributed by atoms with Gasteiger partial charge in [-0.1, -0.05) is 77.5 Å². The first-order valence-corrected chi connectivity index (χ1v) is 10.4. The maximum absolute atomic E-state index is 3.49. The van der Waals surface area contributed by atoms with Crippen LogP contribution in [0, 0.1) is 5.92 Å². The molecule has 0 nitrogen and oxygen atoms in total. The first kappa shape index (κ1) is 20.5. The van der Waals surface area contributed by atoms with E-state index in [-0.39, 0.29) is 0 Å². The third-order valence-corrected chi connectivity index (χ3v) is 4.95. The highest BCUT2D eigenvalue weighted by Crippen LogP contribution is 2.25. The summed E-state index contributed by atoms with van der Waals surface area (Å²) < 4.78 is 0. The zero-order chi connectivity index (χ0) is 16.9. The first-order chi connectivity index (χ1) is 11.2. The van der Waals surface area contributed by atoms with Crippen LogP contribution in [0.3, 0.4) is 0 Å². The van der Waals surface area contributed by atoms with Crippen LogP contribution in [0.15, 0.2) is 41.2 Å². The number of unbranched alkanes of at least 4 members (excludes halogenated alkanes) is 5. The Morgan fingerprint density at radius 3 is 2.48 bits per heavy atom. The van der Waals surface area contributed by atoms with Crippen molar-refractivity contribution in [2.24, 2.45) is 5.92 Å². The highest BCUT2D eigenvalue weighted by atomic mass is 31.0. The minimum Gasteiger partial charge on any atom is -0.135 e. The molecule has 0 fully saturated rings. The van der Waals surface area contributed by atoms with Crippen molar-refractivity contribution in [3.05, 3.63) is 41.2 Å². The van der Waals surface area contributed by atoms with Gasteiger partial charge in [-0.15, -0.1) is 15.0 Å². The van der Waals surface area contributed by atoms with Crippen molar-refractivity contribution in [2.75, 3.05) is 0 Å². The maximum atomic E-state index is 3.49. The monoisotopic (exact) mass is 332 g/mol. The topological polar surface area (TPSA) is 0 Å². The summed E-state index contributed by atoms with van der Waals surface area (Å²) in [5.41, 5.74) is 7.04. The fourth-order valence-corrected chi connectivity index (χ4v) is 3.59. The van der Waals surface area contributed by atoms with Crippen molar-refractivity contribution >= 4 is 9.24 Å². The number of allylic oxidation sites excluding steroid dienone is 5. The van der Waals surface area contributed by atoms with Crippen LogP contribution in [0.25, 0.3) is 0 Å². The smallest absolute Gasteiger partial charge is 0.00575 e. The van der Waals surface area contributed by atoms with Gasteiger partial charge in [-0.3, -0.25) is 0 Å². The largest absolute Gasteiger partial charge is 0.135 e. The quantitative estimate of drug-likeness (QED) is 0.199. The zero-order valence-corrected chi connectivity index (χ0v) is 16.8. The predicted molar refractivity (Wildman–Crippen MR) is 109 cm³/mol. The molecule has 23 heavy (non-hydrogen) atoms. The summed E-state index contributed by atoms with van der Waals surface area (Å²) in [6, 6.07) is 0. The van der Waals surface area contributed by atoms with Gasteiger partial charge < -0.3 is 0 Å². The lowest BCUT2D eigenvalue weighted by Gasteiger charge is -2.16. The summed E-state index contributed by atoms with van der Waals surface area (Å²) in [6.07, 6.45) is 22.2. The summed E-state index contributed by atoms with van der Waals surface area (Å²) in [7, 11) is 2.93. The van der Waals surface area contributed by atoms with Crippen LogP contribution in [0.4, 0.5) is 0 Å². The Labute approximate surface area is 147 Å². The fourth-order valence-electron chi connectivity index (χ4n) is 3.20. The van der Waals surface area contributed by atoms with Gasteiger partial charge in [0.2, 0.25) is 0 Å². The molecule has 3 atom stereocenters. The van der Waals surface area contributed by atoms with Crippen molar-refractivity contribution in [3.63, 3.8) is 0 Å². The van der Waals surface area contributed by atoms with Gasteiger partial charge in [0.05, 0.1) is 0 Å². The molecule has 0 spiro atoms. The summed E-state index contributed by atoms with van der Waals surface area (Å²) in [5, 5.41) is 0. The van der Waals surface area contributed by atoms with Crippen LogP contribution >= 0.6 is 9.24 Å². The van der Waals surface area contributed by atoms with Crippen molar-refractivity contribution in [1.29, 1.82) is 0 Å². The SMILES string of the molecule is CCCCCCCCC1=CC=C=C(CC(CC)CC(C)P)C=C1. The number of hydrogen-bond acceptors (Lipinski definition) is 0. The Morgan fingerprint density at radius 1 is 1.04 bits per heavy atom. The van der Waals surface area contributed by atoms with Gasteiger partial charge in [-0.2, -0.15) is 0 Å². The molecule has 0 aromatic heterocycles. The molecule has 1 heteroatoms. The second-order valence-electron chi connectivity index (χ2n) is 7.12. The average Bonchev–Trinajstić information content (AvgIpc) is 2.75. The second kappa shape index (κ2) is 12.8. The minimum atomic E-state index is 0.709. The first-order valence-electron chi connectivity index (χ1n) is 9.74. The Balaban J connectivity index is 2.34. The molecule has 0 radical (unpaired) electrons. The van der Waals surface area contributed by atoms with Crippen LogP contribution in [-0.4, -0.2) is 5.66 Å². The second-order valence-corrected chi connectivity index (χ2v) is 8.26. The Kier molecular flexibility index (Phi) is 11.4. The van der Waals surface area contributed by atoms with E-state index in [4.69, 9.17) is 0 Å². The summed E-state index contributed by atoms with van der Waals surface area (Å²) >= 11 is 0. The Bertz CT molecular complexity index is 433. The molecule has 0 aromatic carbocycles. The number of hydrogen-bond donors (Lipinski definition) is 0. The fraction of sp³-hybridized carbons (Fsp3) is 0.682. The van der Waals surface area contributed by atoms with E-state index in [9.17, 15) is 0 Å².